The number of aliphatic hydroxyl groups excluding tert-OH is 1. The fourth-order valence-corrected chi connectivity index (χ4v) is 0.917. The fourth-order valence-electron chi connectivity index (χ4n) is 0.659. The number of aliphatic hydroxyl groups is 1. The van der Waals surface area contributed by atoms with Crippen LogP contribution in [0.1, 0.15) is 16.1 Å². The van der Waals surface area contributed by atoms with Crippen LogP contribution in [-0.2, 0) is 6.61 Å². The number of hydrogen-bond donors (Lipinski definition) is 1. The Balaban J connectivity index is 2.83. The topological polar surface area (TPSA) is 33.1 Å². The molecule has 2 nitrogen and oxygen atoms in total. The van der Waals surface area contributed by atoms with Crippen LogP contribution in [0.3, 0.4) is 0 Å². The summed E-state index contributed by atoms with van der Waals surface area (Å²) in [5.74, 6) is 0. The van der Waals surface area contributed by atoms with Crippen LogP contribution in [0.5, 0.6) is 0 Å². The lowest BCUT2D eigenvalue weighted by atomic mass is 10.3. The maximum absolute atomic E-state index is 8.66. The summed E-state index contributed by atoms with van der Waals surface area (Å²) in [4.78, 5) is 3.33. The van der Waals surface area contributed by atoms with E-state index in [1.54, 1.807) is 18.3 Å². The zero-order valence-corrected chi connectivity index (χ0v) is 7.18. The van der Waals surface area contributed by atoms with Gasteiger partial charge >= 0.3 is 0 Å². The summed E-state index contributed by atoms with van der Waals surface area (Å²) in [6.45, 7) is -0.0114. The van der Waals surface area contributed by atoms with Crippen molar-refractivity contribution in [2.24, 2.45) is 0 Å². The second-order valence-electron chi connectivity index (χ2n) is 2.05. The molecule has 1 rings (SSSR count). The molecule has 60 valence electrons. The van der Waals surface area contributed by atoms with Crippen molar-refractivity contribution in [1.82, 2.24) is 4.98 Å². The van der Waals surface area contributed by atoms with E-state index in [1.807, 2.05) is 0 Å². The number of aromatic nitrogens is 1. The van der Waals surface area contributed by atoms with E-state index in [0.29, 0.717) is 5.69 Å². The van der Waals surface area contributed by atoms with Gasteiger partial charge in [0.1, 0.15) is 4.84 Å². The lowest BCUT2D eigenvalue weighted by Crippen LogP contribution is -1.90. The number of nitrogens with zero attached hydrogens (tertiary/aromatic N) is 1. The first-order valence-electron chi connectivity index (χ1n) is 3.08. The van der Waals surface area contributed by atoms with Crippen molar-refractivity contribution in [3.8, 4) is 0 Å². The molecule has 1 aromatic rings. The molecule has 0 radical (unpaired) electrons. The Labute approximate surface area is 74.8 Å². The van der Waals surface area contributed by atoms with Gasteiger partial charge < -0.3 is 5.11 Å². The molecule has 0 aliphatic rings. The number of rotatable bonds is 2. The van der Waals surface area contributed by atoms with Crippen molar-refractivity contribution >= 4 is 23.2 Å². The molecule has 0 aliphatic carbocycles. The number of pyridine rings is 1. The SMILES string of the molecule is OCc1ccc(C(Cl)Cl)nc1. The van der Waals surface area contributed by atoms with Crippen molar-refractivity contribution in [2.75, 3.05) is 0 Å². The maximum Gasteiger partial charge on any atom is 0.149 e. The minimum atomic E-state index is -0.595. The van der Waals surface area contributed by atoms with Crippen LogP contribution in [-0.4, -0.2) is 10.1 Å². The zero-order chi connectivity index (χ0) is 8.27. The van der Waals surface area contributed by atoms with Crippen molar-refractivity contribution in [3.05, 3.63) is 29.6 Å². The predicted octanol–water partition coefficient (Wildman–Crippen LogP) is 2.05. The van der Waals surface area contributed by atoms with Gasteiger partial charge in [0.05, 0.1) is 12.3 Å². The Kier molecular flexibility index (Phi) is 3.12. The van der Waals surface area contributed by atoms with E-state index in [4.69, 9.17) is 28.3 Å². The highest BCUT2D eigenvalue weighted by atomic mass is 35.5. The zero-order valence-electron chi connectivity index (χ0n) is 5.67. The third-order valence-corrected chi connectivity index (χ3v) is 1.70. The van der Waals surface area contributed by atoms with Crippen molar-refractivity contribution in [3.63, 3.8) is 0 Å². The fraction of sp³-hybridized carbons (Fsp3) is 0.286. The summed E-state index contributed by atoms with van der Waals surface area (Å²) >= 11 is 11.1. The Morgan fingerprint density at radius 2 is 2.18 bits per heavy atom. The molecule has 1 aromatic heterocycles. The van der Waals surface area contributed by atoms with Gasteiger partial charge in [0.2, 0.25) is 0 Å². The lowest BCUT2D eigenvalue weighted by Gasteiger charge is -2.00. The summed E-state index contributed by atoms with van der Waals surface area (Å²) in [6.07, 6.45) is 1.55. The van der Waals surface area contributed by atoms with Crippen LogP contribution < -0.4 is 0 Å². The van der Waals surface area contributed by atoms with E-state index in [1.165, 1.54) is 0 Å². The highest BCUT2D eigenvalue weighted by molar-refractivity contribution is 6.43. The molecule has 0 amide bonds. The molecular weight excluding hydrogens is 185 g/mol. The molecule has 0 unspecified atom stereocenters. The van der Waals surface area contributed by atoms with Crippen LogP contribution in [0, 0.1) is 0 Å². The number of hydrogen-bond acceptors (Lipinski definition) is 2. The van der Waals surface area contributed by atoms with E-state index < -0.39 is 4.84 Å². The van der Waals surface area contributed by atoms with Gasteiger partial charge in [-0.15, -0.1) is 0 Å². The van der Waals surface area contributed by atoms with Crippen molar-refractivity contribution in [2.45, 2.75) is 11.4 Å². The van der Waals surface area contributed by atoms with Gasteiger partial charge in [-0.3, -0.25) is 4.98 Å². The Morgan fingerprint density at radius 1 is 1.45 bits per heavy atom. The molecule has 4 heteroatoms. The molecule has 11 heavy (non-hydrogen) atoms. The average Bonchev–Trinajstić information content (AvgIpc) is 2.05. The van der Waals surface area contributed by atoms with Gasteiger partial charge in [0.25, 0.3) is 0 Å². The summed E-state index contributed by atoms with van der Waals surface area (Å²) in [5.41, 5.74) is 1.35. The molecule has 0 fully saturated rings. The molecule has 1 heterocycles. The Bertz CT molecular complexity index is 222. The molecule has 1 N–H and O–H groups in total. The molecule has 0 bridgehead atoms. The molecular formula is C7H7Cl2NO. The van der Waals surface area contributed by atoms with Crippen LogP contribution >= 0.6 is 23.2 Å². The van der Waals surface area contributed by atoms with Gasteiger partial charge in [0, 0.05) is 6.20 Å². The molecule has 0 atom stereocenters. The molecule has 0 saturated heterocycles. The first kappa shape index (κ1) is 8.78. The molecule has 0 aliphatic heterocycles. The lowest BCUT2D eigenvalue weighted by molar-refractivity contribution is 0.281. The van der Waals surface area contributed by atoms with E-state index >= 15 is 0 Å². The average molecular weight is 192 g/mol. The highest BCUT2D eigenvalue weighted by Gasteiger charge is 2.03. The standard InChI is InChI=1S/C7H7Cl2NO/c8-7(9)6-2-1-5(4-11)3-10-6/h1-3,7,11H,4H2. The first-order valence-corrected chi connectivity index (χ1v) is 3.95. The van der Waals surface area contributed by atoms with Gasteiger partial charge in [0.15, 0.2) is 0 Å². The predicted molar refractivity (Wildman–Crippen MR) is 44.6 cm³/mol. The third kappa shape index (κ3) is 2.33. The largest absolute Gasteiger partial charge is 0.392 e. The van der Waals surface area contributed by atoms with Crippen LogP contribution in [0.15, 0.2) is 18.3 Å². The summed E-state index contributed by atoms with van der Waals surface area (Å²) < 4.78 is 0. The first-order chi connectivity index (χ1) is 5.24. The quantitative estimate of drug-likeness (QED) is 0.727. The van der Waals surface area contributed by atoms with Gasteiger partial charge in [-0.1, -0.05) is 29.3 Å². The van der Waals surface area contributed by atoms with E-state index in [0.717, 1.165) is 5.56 Å². The van der Waals surface area contributed by atoms with E-state index in [-0.39, 0.29) is 6.61 Å². The maximum atomic E-state index is 8.66. The summed E-state index contributed by atoms with van der Waals surface area (Å²) in [5, 5.41) is 8.66. The summed E-state index contributed by atoms with van der Waals surface area (Å²) in [7, 11) is 0. The smallest absolute Gasteiger partial charge is 0.149 e. The molecule has 0 saturated carbocycles. The number of alkyl halides is 2. The van der Waals surface area contributed by atoms with Crippen molar-refractivity contribution in [1.29, 1.82) is 0 Å². The van der Waals surface area contributed by atoms with Crippen LogP contribution in [0.2, 0.25) is 0 Å². The van der Waals surface area contributed by atoms with Crippen molar-refractivity contribution < 1.29 is 5.11 Å². The second-order valence-corrected chi connectivity index (χ2v) is 3.15. The Hall–Kier alpha value is -0.310. The monoisotopic (exact) mass is 191 g/mol. The Morgan fingerprint density at radius 3 is 2.55 bits per heavy atom. The molecule has 0 spiro atoms. The van der Waals surface area contributed by atoms with Crippen LogP contribution in [0.4, 0.5) is 0 Å². The third-order valence-electron chi connectivity index (χ3n) is 1.25. The van der Waals surface area contributed by atoms with Gasteiger partial charge in [-0.25, -0.2) is 0 Å². The van der Waals surface area contributed by atoms with E-state index in [9.17, 15) is 0 Å². The van der Waals surface area contributed by atoms with Crippen LogP contribution in [0.25, 0.3) is 0 Å². The highest BCUT2D eigenvalue weighted by Crippen LogP contribution is 2.21. The summed E-state index contributed by atoms with van der Waals surface area (Å²) in [6, 6.07) is 3.43. The van der Waals surface area contributed by atoms with Gasteiger partial charge in [-0.2, -0.15) is 0 Å². The number of halogens is 2. The second kappa shape index (κ2) is 3.90. The normalized spacial score (nSPS) is 10.5. The van der Waals surface area contributed by atoms with Gasteiger partial charge in [-0.05, 0) is 11.6 Å². The minimum absolute atomic E-state index is 0.0114. The van der Waals surface area contributed by atoms with E-state index in [2.05, 4.69) is 4.98 Å². The molecule has 0 aromatic carbocycles. The minimum Gasteiger partial charge on any atom is -0.392 e.